The number of rotatable bonds is 2. The monoisotopic (exact) mass is 293 g/mol. The Morgan fingerprint density at radius 2 is 1.64 bits per heavy atom. The Morgan fingerprint density at radius 3 is 2.18 bits per heavy atom. The summed E-state index contributed by atoms with van der Waals surface area (Å²) in [4.78, 5) is 12.3. The minimum absolute atomic E-state index is 0.139. The van der Waals surface area contributed by atoms with Crippen LogP contribution in [0.4, 0.5) is 0 Å². The van der Waals surface area contributed by atoms with Crippen LogP contribution in [0.5, 0.6) is 0 Å². The van der Waals surface area contributed by atoms with Gasteiger partial charge in [0, 0.05) is 11.3 Å². The molecule has 4 heteroatoms. The first-order chi connectivity index (χ1) is 10.3. The molecule has 0 bridgehead atoms. The fourth-order valence-corrected chi connectivity index (χ4v) is 2.67. The zero-order chi connectivity index (χ0) is 16.4. The predicted octanol–water partition coefficient (Wildman–Crippen LogP) is 3.14. The Morgan fingerprint density at radius 1 is 1.05 bits per heavy atom. The summed E-state index contributed by atoms with van der Waals surface area (Å²) in [5.74, 6) is 0. The second-order valence-corrected chi connectivity index (χ2v) is 5.63. The first-order valence-corrected chi connectivity index (χ1v) is 7.10. The van der Waals surface area contributed by atoms with E-state index in [1.165, 1.54) is 10.2 Å². The molecule has 0 aliphatic rings. The lowest BCUT2D eigenvalue weighted by Crippen LogP contribution is -2.22. The molecule has 112 valence electrons. The minimum Gasteiger partial charge on any atom is -0.266 e. The topological polar surface area (TPSA) is 58.1 Å². The third kappa shape index (κ3) is 2.84. The van der Waals surface area contributed by atoms with Crippen molar-refractivity contribution in [2.75, 3.05) is 0 Å². The number of aromatic nitrogens is 1. The van der Waals surface area contributed by atoms with E-state index in [1.54, 1.807) is 19.2 Å². The van der Waals surface area contributed by atoms with E-state index in [-0.39, 0.29) is 11.1 Å². The van der Waals surface area contributed by atoms with E-state index in [1.807, 2.05) is 26.8 Å². The molecule has 2 rings (SSSR count). The molecule has 0 amide bonds. The molecule has 0 saturated heterocycles. The maximum atomic E-state index is 12.3. The molecule has 0 spiro atoms. The molecule has 22 heavy (non-hydrogen) atoms. The summed E-state index contributed by atoms with van der Waals surface area (Å²) >= 11 is 0. The second-order valence-electron chi connectivity index (χ2n) is 5.63. The van der Waals surface area contributed by atoms with Crippen molar-refractivity contribution in [3.8, 4) is 6.07 Å². The number of nitriles is 1. The SMILES string of the molecule is Cc1cc(C)c(/C=N\n2c(C)cc(C)c(C#N)c2=O)c(C)c1. The summed E-state index contributed by atoms with van der Waals surface area (Å²) in [6.45, 7) is 9.66. The summed E-state index contributed by atoms with van der Waals surface area (Å²) in [5.41, 5.74) is 5.57. The van der Waals surface area contributed by atoms with Gasteiger partial charge in [0.25, 0.3) is 5.56 Å². The van der Waals surface area contributed by atoms with Gasteiger partial charge in [0.2, 0.25) is 0 Å². The highest BCUT2D eigenvalue weighted by Crippen LogP contribution is 2.14. The zero-order valence-corrected chi connectivity index (χ0v) is 13.6. The standard InChI is InChI=1S/C18H19N3O/c1-11-6-12(2)17(13(3)7-11)10-20-21-15(5)8-14(4)16(9-19)18(21)22/h6-8,10H,1-5H3/b20-10-. The van der Waals surface area contributed by atoms with Crippen LogP contribution >= 0.6 is 0 Å². The number of pyridine rings is 1. The van der Waals surface area contributed by atoms with E-state index in [9.17, 15) is 4.79 Å². The lowest BCUT2D eigenvalue weighted by Gasteiger charge is -2.09. The van der Waals surface area contributed by atoms with E-state index in [0.717, 1.165) is 16.7 Å². The molecule has 1 aromatic heterocycles. The maximum absolute atomic E-state index is 12.3. The Balaban J connectivity index is 2.58. The van der Waals surface area contributed by atoms with Gasteiger partial charge in [0.1, 0.15) is 11.6 Å². The van der Waals surface area contributed by atoms with Crippen LogP contribution in [0, 0.1) is 45.9 Å². The van der Waals surface area contributed by atoms with Crippen LogP contribution in [0.25, 0.3) is 0 Å². The molecule has 0 atom stereocenters. The highest BCUT2D eigenvalue weighted by atomic mass is 16.1. The van der Waals surface area contributed by atoms with E-state index in [4.69, 9.17) is 5.26 Å². The summed E-state index contributed by atoms with van der Waals surface area (Å²) in [6.07, 6.45) is 1.69. The average molecular weight is 293 g/mol. The molecule has 0 unspecified atom stereocenters. The van der Waals surface area contributed by atoms with Crippen molar-refractivity contribution in [3.63, 3.8) is 0 Å². The fourth-order valence-electron chi connectivity index (χ4n) is 2.67. The van der Waals surface area contributed by atoms with Gasteiger partial charge >= 0.3 is 0 Å². The van der Waals surface area contributed by atoms with Crippen LogP contribution in [0.3, 0.4) is 0 Å². The van der Waals surface area contributed by atoms with Crippen LogP contribution < -0.4 is 5.56 Å². The van der Waals surface area contributed by atoms with Gasteiger partial charge in [-0.25, -0.2) is 4.68 Å². The molecule has 0 radical (unpaired) electrons. The molecular formula is C18H19N3O. The van der Waals surface area contributed by atoms with Gasteiger partial charge in [-0.2, -0.15) is 10.4 Å². The van der Waals surface area contributed by atoms with Crippen molar-refractivity contribution in [1.82, 2.24) is 4.68 Å². The van der Waals surface area contributed by atoms with E-state index in [0.29, 0.717) is 11.3 Å². The number of aryl methyl sites for hydroxylation is 5. The largest absolute Gasteiger partial charge is 0.289 e. The molecular weight excluding hydrogens is 274 g/mol. The molecule has 0 aliphatic carbocycles. The molecule has 1 aromatic carbocycles. The Labute approximate surface area is 130 Å². The third-order valence-corrected chi connectivity index (χ3v) is 3.71. The highest BCUT2D eigenvalue weighted by Gasteiger charge is 2.09. The molecule has 4 nitrogen and oxygen atoms in total. The van der Waals surface area contributed by atoms with Gasteiger partial charge in [0.15, 0.2) is 0 Å². The van der Waals surface area contributed by atoms with Crippen molar-refractivity contribution in [1.29, 1.82) is 5.26 Å². The molecule has 1 heterocycles. The third-order valence-electron chi connectivity index (χ3n) is 3.71. The average Bonchev–Trinajstić information content (AvgIpc) is 2.40. The first-order valence-electron chi connectivity index (χ1n) is 7.10. The Bertz CT molecular complexity index is 844. The maximum Gasteiger partial charge on any atom is 0.289 e. The van der Waals surface area contributed by atoms with Gasteiger partial charge in [-0.15, -0.1) is 0 Å². The molecule has 0 saturated carbocycles. The predicted molar refractivity (Wildman–Crippen MR) is 88.5 cm³/mol. The summed E-state index contributed by atoms with van der Waals surface area (Å²) in [5, 5.41) is 13.4. The van der Waals surface area contributed by atoms with Crippen molar-refractivity contribution in [2.24, 2.45) is 5.10 Å². The lowest BCUT2D eigenvalue weighted by atomic mass is 10.0. The van der Waals surface area contributed by atoms with Crippen molar-refractivity contribution < 1.29 is 0 Å². The molecule has 2 aromatic rings. The molecule has 0 fully saturated rings. The van der Waals surface area contributed by atoms with Gasteiger partial charge in [0.05, 0.1) is 6.21 Å². The lowest BCUT2D eigenvalue weighted by molar-refractivity contribution is 0.786. The first kappa shape index (κ1) is 15.7. The van der Waals surface area contributed by atoms with Gasteiger partial charge in [-0.1, -0.05) is 17.7 Å². The van der Waals surface area contributed by atoms with E-state index < -0.39 is 0 Å². The Hall–Kier alpha value is -2.67. The van der Waals surface area contributed by atoms with Crippen molar-refractivity contribution >= 4 is 6.21 Å². The molecule has 0 aliphatic heterocycles. The van der Waals surface area contributed by atoms with Gasteiger partial charge in [-0.05, 0) is 57.4 Å². The zero-order valence-electron chi connectivity index (χ0n) is 13.6. The van der Waals surface area contributed by atoms with Gasteiger partial charge in [-0.3, -0.25) is 4.79 Å². The van der Waals surface area contributed by atoms with Crippen LogP contribution in [0.15, 0.2) is 28.1 Å². The molecule has 0 N–H and O–H groups in total. The number of hydrogen-bond donors (Lipinski definition) is 0. The van der Waals surface area contributed by atoms with Crippen molar-refractivity contribution in [2.45, 2.75) is 34.6 Å². The number of nitrogens with zero attached hydrogens (tertiary/aromatic N) is 3. The normalized spacial score (nSPS) is 10.9. The summed E-state index contributed by atoms with van der Waals surface area (Å²) < 4.78 is 1.28. The van der Waals surface area contributed by atoms with E-state index in [2.05, 4.69) is 24.2 Å². The summed E-state index contributed by atoms with van der Waals surface area (Å²) in [6, 6.07) is 7.92. The fraction of sp³-hybridized carbons (Fsp3) is 0.278. The number of hydrogen-bond acceptors (Lipinski definition) is 3. The van der Waals surface area contributed by atoms with Crippen LogP contribution in [0.1, 0.15) is 39.1 Å². The van der Waals surface area contributed by atoms with Crippen molar-refractivity contribution in [3.05, 3.63) is 67.6 Å². The summed E-state index contributed by atoms with van der Waals surface area (Å²) in [7, 11) is 0. The Kier molecular flexibility index (Phi) is 4.27. The van der Waals surface area contributed by atoms with Crippen LogP contribution in [-0.2, 0) is 0 Å². The quantitative estimate of drug-likeness (QED) is 0.799. The minimum atomic E-state index is -0.376. The smallest absolute Gasteiger partial charge is 0.266 e. The van der Waals surface area contributed by atoms with Crippen LogP contribution in [-0.4, -0.2) is 10.9 Å². The van der Waals surface area contributed by atoms with Crippen LogP contribution in [0.2, 0.25) is 0 Å². The number of benzene rings is 1. The van der Waals surface area contributed by atoms with Gasteiger partial charge < -0.3 is 0 Å². The van der Waals surface area contributed by atoms with E-state index >= 15 is 0 Å². The second kappa shape index (κ2) is 5.98. The highest BCUT2D eigenvalue weighted by molar-refractivity contribution is 5.83.